The number of sulfonamides is 1. The predicted octanol–water partition coefficient (Wildman–Crippen LogP) is 1.17. The standard InChI is InChI=1S/C15H22N2O5S/c1-5-10(2)13(15(19)20)16-23(21,22)12-8-6-7-11(9-12)14(18)17(3)4/h6-10,13,16H,5H2,1-4H3,(H,19,20)/t10-,13-/m0/s1. The van der Waals surface area contributed by atoms with Crippen molar-refractivity contribution in [2.24, 2.45) is 5.92 Å². The van der Waals surface area contributed by atoms with Crippen LogP contribution in [-0.4, -0.2) is 50.4 Å². The molecule has 0 unspecified atom stereocenters. The molecule has 0 spiro atoms. The monoisotopic (exact) mass is 342 g/mol. The van der Waals surface area contributed by atoms with Crippen LogP contribution in [0.5, 0.6) is 0 Å². The SMILES string of the molecule is CC[C@H](C)[C@H](NS(=O)(=O)c1cccc(C(=O)N(C)C)c1)C(=O)O. The molecule has 0 aliphatic heterocycles. The van der Waals surface area contributed by atoms with Crippen LogP contribution in [0.3, 0.4) is 0 Å². The summed E-state index contributed by atoms with van der Waals surface area (Å²) in [6, 6.07) is 4.29. The van der Waals surface area contributed by atoms with Crippen molar-refractivity contribution in [1.29, 1.82) is 0 Å². The van der Waals surface area contributed by atoms with E-state index < -0.39 is 22.0 Å². The van der Waals surface area contributed by atoms with Crippen molar-refractivity contribution in [1.82, 2.24) is 9.62 Å². The van der Waals surface area contributed by atoms with Gasteiger partial charge in [-0.25, -0.2) is 8.42 Å². The summed E-state index contributed by atoms with van der Waals surface area (Å²) in [7, 11) is -0.922. The van der Waals surface area contributed by atoms with Gasteiger partial charge in [0.05, 0.1) is 4.90 Å². The molecular weight excluding hydrogens is 320 g/mol. The minimum absolute atomic E-state index is 0.139. The molecule has 0 saturated carbocycles. The molecule has 23 heavy (non-hydrogen) atoms. The van der Waals surface area contributed by atoms with Crippen molar-refractivity contribution in [3.63, 3.8) is 0 Å². The minimum atomic E-state index is -4.04. The number of nitrogens with zero attached hydrogens (tertiary/aromatic N) is 1. The molecule has 2 atom stereocenters. The number of carboxylic acid groups (broad SMARTS) is 1. The first-order chi connectivity index (χ1) is 10.6. The number of carboxylic acids is 1. The number of nitrogens with one attached hydrogen (secondary N) is 1. The molecule has 0 aliphatic rings. The Balaban J connectivity index is 3.16. The Morgan fingerprint density at radius 2 is 1.91 bits per heavy atom. The molecule has 0 bridgehead atoms. The summed E-state index contributed by atoms with van der Waals surface area (Å²) in [6.07, 6.45) is 0.513. The van der Waals surface area contributed by atoms with Crippen molar-refractivity contribution in [2.45, 2.75) is 31.2 Å². The van der Waals surface area contributed by atoms with Gasteiger partial charge in [-0.15, -0.1) is 0 Å². The number of hydrogen-bond donors (Lipinski definition) is 2. The zero-order valence-electron chi connectivity index (χ0n) is 13.6. The van der Waals surface area contributed by atoms with Gasteiger partial charge in [-0.2, -0.15) is 4.72 Å². The van der Waals surface area contributed by atoms with Gasteiger partial charge in [0.1, 0.15) is 6.04 Å². The van der Waals surface area contributed by atoms with Gasteiger partial charge in [-0.05, 0) is 24.1 Å². The molecule has 1 amide bonds. The Kier molecular flexibility index (Phi) is 6.28. The average Bonchev–Trinajstić information content (AvgIpc) is 2.50. The van der Waals surface area contributed by atoms with Crippen LogP contribution in [0.2, 0.25) is 0 Å². The summed E-state index contributed by atoms with van der Waals surface area (Å²) >= 11 is 0. The van der Waals surface area contributed by atoms with Crippen molar-refractivity contribution in [3.05, 3.63) is 29.8 Å². The van der Waals surface area contributed by atoms with Crippen LogP contribution in [0.4, 0.5) is 0 Å². The minimum Gasteiger partial charge on any atom is -0.480 e. The van der Waals surface area contributed by atoms with Gasteiger partial charge in [0.25, 0.3) is 5.91 Å². The molecule has 1 rings (SSSR count). The maximum absolute atomic E-state index is 12.4. The van der Waals surface area contributed by atoms with Crippen LogP contribution in [0.15, 0.2) is 29.2 Å². The van der Waals surface area contributed by atoms with Gasteiger partial charge in [0, 0.05) is 19.7 Å². The van der Waals surface area contributed by atoms with Crippen LogP contribution < -0.4 is 4.72 Å². The fourth-order valence-electron chi connectivity index (χ4n) is 1.94. The van der Waals surface area contributed by atoms with E-state index in [1.54, 1.807) is 27.9 Å². The second-order valence-corrected chi connectivity index (χ2v) is 7.26. The van der Waals surface area contributed by atoms with Gasteiger partial charge in [-0.3, -0.25) is 9.59 Å². The Labute approximate surface area is 136 Å². The topological polar surface area (TPSA) is 104 Å². The molecule has 0 saturated heterocycles. The van der Waals surface area contributed by atoms with E-state index in [-0.39, 0.29) is 22.3 Å². The van der Waals surface area contributed by atoms with E-state index in [4.69, 9.17) is 0 Å². The number of rotatable bonds is 7. The van der Waals surface area contributed by atoms with E-state index in [1.807, 2.05) is 0 Å². The molecule has 7 nitrogen and oxygen atoms in total. The highest BCUT2D eigenvalue weighted by Crippen LogP contribution is 2.16. The fraction of sp³-hybridized carbons (Fsp3) is 0.467. The summed E-state index contributed by atoms with van der Waals surface area (Å²) in [5, 5.41) is 9.21. The fourth-order valence-corrected chi connectivity index (χ4v) is 3.28. The first-order valence-electron chi connectivity index (χ1n) is 7.17. The summed E-state index contributed by atoms with van der Waals surface area (Å²) in [5.41, 5.74) is 0.216. The van der Waals surface area contributed by atoms with E-state index in [2.05, 4.69) is 4.72 Å². The molecule has 1 aromatic rings. The third kappa shape index (κ3) is 4.77. The van der Waals surface area contributed by atoms with Crippen LogP contribution in [0.1, 0.15) is 30.6 Å². The van der Waals surface area contributed by atoms with Gasteiger partial charge in [-0.1, -0.05) is 26.3 Å². The number of carbonyl (C=O) groups is 2. The Hall–Kier alpha value is -1.93. The molecule has 0 radical (unpaired) electrons. The second-order valence-electron chi connectivity index (χ2n) is 5.55. The summed E-state index contributed by atoms with van der Waals surface area (Å²) in [6.45, 7) is 3.44. The smallest absolute Gasteiger partial charge is 0.322 e. The zero-order chi connectivity index (χ0) is 17.8. The number of amides is 1. The highest BCUT2D eigenvalue weighted by atomic mass is 32.2. The average molecular weight is 342 g/mol. The number of hydrogen-bond acceptors (Lipinski definition) is 4. The first-order valence-corrected chi connectivity index (χ1v) is 8.65. The predicted molar refractivity (Wildman–Crippen MR) is 85.7 cm³/mol. The summed E-state index contributed by atoms with van der Waals surface area (Å²) in [5.74, 6) is -1.93. The number of aliphatic carboxylic acids is 1. The van der Waals surface area contributed by atoms with E-state index >= 15 is 0 Å². The largest absolute Gasteiger partial charge is 0.480 e. The molecule has 0 fully saturated rings. The molecule has 0 aromatic heterocycles. The van der Waals surface area contributed by atoms with E-state index in [0.29, 0.717) is 6.42 Å². The van der Waals surface area contributed by atoms with Crippen molar-refractivity contribution in [3.8, 4) is 0 Å². The highest BCUT2D eigenvalue weighted by molar-refractivity contribution is 7.89. The van der Waals surface area contributed by atoms with E-state index in [1.165, 1.54) is 29.2 Å². The zero-order valence-corrected chi connectivity index (χ0v) is 14.4. The van der Waals surface area contributed by atoms with Gasteiger partial charge in [0.2, 0.25) is 10.0 Å². The van der Waals surface area contributed by atoms with Crippen LogP contribution in [0, 0.1) is 5.92 Å². The van der Waals surface area contributed by atoms with Crippen LogP contribution in [-0.2, 0) is 14.8 Å². The maximum Gasteiger partial charge on any atom is 0.322 e. The molecular formula is C15H22N2O5S. The maximum atomic E-state index is 12.4. The van der Waals surface area contributed by atoms with Crippen molar-refractivity contribution >= 4 is 21.9 Å². The highest BCUT2D eigenvalue weighted by Gasteiger charge is 2.29. The molecule has 0 aliphatic carbocycles. The Bertz CT molecular complexity index is 685. The number of carbonyl (C=O) groups excluding carboxylic acids is 1. The third-order valence-corrected chi connectivity index (χ3v) is 5.00. The molecule has 128 valence electrons. The number of benzene rings is 1. The van der Waals surface area contributed by atoms with Crippen LogP contribution >= 0.6 is 0 Å². The molecule has 2 N–H and O–H groups in total. The van der Waals surface area contributed by atoms with E-state index in [0.717, 1.165) is 0 Å². The van der Waals surface area contributed by atoms with Gasteiger partial charge >= 0.3 is 5.97 Å². The van der Waals surface area contributed by atoms with Gasteiger partial charge < -0.3 is 10.0 Å². The second kappa shape index (κ2) is 7.56. The summed E-state index contributed by atoms with van der Waals surface area (Å²) < 4.78 is 27.0. The summed E-state index contributed by atoms with van der Waals surface area (Å²) in [4.78, 5) is 24.4. The van der Waals surface area contributed by atoms with Gasteiger partial charge in [0.15, 0.2) is 0 Å². The lowest BCUT2D eigenvalue weighted by atomic mass is 10.0. The molecule has 1 aromatic carbocycles. The van der Waals surface area contributed by atoms with Crippen molar-refractivity contribution in [2.75, 3.05) is 14.1 Å². The van der Waals surface area contributed by atoms with E-state index in [9.17, 15) is 23.1 Å². The lowest BCUT2D eigenvalue weighted by Crippen LogP contribution is -2.44. The lowest BCUT2D eigenvalue weighted by molar-refractivity contribution is -0.140. The molecule has 8 heteroatoms. The first kappa shape index (κ1) is 19.1. The normalized spacial score (nSPS) is 14.1. The third-order valence-electron chi connectivity index (χ3n) is 3.56. The Morgan fingerprint density at radius 3 is 2.39 bits per heavy atom. The van der Waals surface area contributed by atoms with Crippen molar-refractivity contribution < 1.29 is 23.1 Å². The Morgan fingerprint density at radius 1 is 1.30 bits per heavy atom. The molecule has 0 heterocycles. The lowest BCUT2D eigenvalue weighted by Gasteiger charge is -2.20. The quantitative estimate of drug-likeness (QED) is 0.774. The van der Waals surface area contributed by atoms with Crippen LogP contribution in [0.25, 0.3) is 0 Å².